The Bertz CT molecular complexity index is 1160. The second kappa shape index (κ2) is 6.78. The lowest BCUT2D eigenvalue weighted by Gasteiger charge is -2.12. The summed E-state index contributed by atoms with van der Waals surface area (Å²) in [5.41, 5.74) is 3.99. The smallest absolute Gasteiger partial charge is 0.258 e. The van der Waals surface area contributed by atoms with Gasteiger partial charge in [-0.3, -0.25) is 10.1 Å². The van der Waals surface area contributed by atoms with Crippen LogP contribution in [-0.4, -0.2) is 14.9 Å². The normalized spacial score (nSPS) is 10.9. The predicted octanol–water partition coefficient (Wildman–Crippen LogP) is 5.83. The molecule has 0 amide bonds. The summed E-state index contributed by atoms with van der Waals surface area (Å²) in [5, 5.41) is 11.7. The average molecular weight is 376 g/mol. The molecule has 3 aromatic carbocycles. The third-order valence-corrected chi connectivity index (χ3v) is 4.81. The van der Waals surface area contributed by atoms with Crippen molar-refractivity contribution < 1.29 is 4.92 Å². The minimum absolute atomic E-state index is 0.0910. The number of aryl methyl sites for hydroxylation is 1. The van der Waals surface area contributed by atoms with E-state index < -0.39 is 4.92 Å². The summed E-state index contributed by atoms with van der Waals surface area (Å²) in [6, 6.07) is 20.9. The van der Waals surface area contributed by atoms with Crippen LogP contribution in [-0.2, 0) is 0 Å². The summed E-state index contributed by atoms with van der Waals surface area (Å²) in [4.78, 5) is 20.5. The van der Waals surface area contributed by atoms with Gasteiger partial charge in [-0.25, -0.2) is 9.97 Å². The highest BCUT2D eigenvalue weighted by molar-refractivity contribution is 6.34. The molecule has 6 heteroatoms. The van der Waals surface area contributed by atoms with E-state index >= 15 is 0 Å². The fourth-order valence-corrected chi connectivity index (χ4v) is 3.26. The third kappa shape index (κ3) is 3.02. The first-order valence-corrected chi connectivity index (χ1v) is 8.70. The molecule has 4 aromatic rings. The van der Waals surface area contributed by atoms with E-state index in [0.717, 1.165) is 11.1 Å². The van der Waals surface area contributed by atoms with Crippen LogP contribution in [0.3, 0.4) is 0 Å². The van der Waals surface area contributed by atoms with Crippen molar-refractivity contribution >= 4 is 28.3 Å². The van der Waals surface area contributed by atoms with Crippen molar-refractivity contribution in [2.45, 2.75) is 6.92 Å². The molecule has 1 heterocycles. The Balaban J connectivity index is 2.13. The Kier molecular flexibility index (Phi) is 4.30. The maximum absolute atomic E-state index is 11.6. The highest BCUT2D eigenvalue weighted by Crippen LogP contribution is 2.38. The van der Waals surface area contributed by atoms with Gasteiger partial charge in [-0.1, -0.05) is 72.3 Å². The molecule has 27 heavy (non-hydrogen) atoms. The molecule has 0 unspecified atom stereocenters. The van der Waals surface area contributed by atoms with E-state index in [1.54, 1.807) is 13.0 Å². The molecule has 0 aliphatic rings. The van der Waals surface area contributed by atoms with Gasteiger partial charge in [0, 0.05) is 11.1 Å². The lowest BCUT2D eigenvalue weighted by molar-refractivity contribution is -0.383. The maximum atomic E-state index is 11.6. The van der Waals surface area contributed by atoms with E-state index in [2.05, 4.69) is 4.98 Å². The standard InChI is InChI=1S/C21H14ClN3O2/c1-13-12-16-20(21(17(13)22)25(26)27)24-19(15-10-6-3-7-11-15)18(23-16)14-8-4-2-5-9-14/h2-12H,1H3. The summed E-state index contributed by atoms with van der Waals surface area (Å²) >= 11 is 6.21. The van der Waals surface area contributed by atoms with Crippen LogP contribution in [0.1, 0.15) is 5.56 Å². The average Bonchev–Trinajstić information content (AvgIpc) is 2.69. The highest BCUT2D eigenvalue weighted by Gasteiger charge is 2.24. The molecular formula is C21H14ClN3O2. The van der Waals surface area contributed by atoms with Gasteiger partial charge in [0.2, 0.25) is 0 Å². The number of benzene rings is 3. The van der Waals surface area contributed by atoms with E-state index in [1.807, 2.05) is 60.7 Å². The summed E-state index contributed by atoms with van der Waals surface area (Å²) in [7, 11) is 0. The first-order chi connectivity index (χ1) is 13.1. The van der Waals surface area contributed by atoms with Gasteiger partial charge in [0.15, 0.2) is 5.52 Å². The monoisotopic (exact) mass is 375 g/mol. The van der Waals surface area contributed by atoms with Crippen LogP contribution in [0.15, 0.2) is 66.7 Å². The molecule has 0 bridgehead atoms. The summed E-state index contributed by atoms with van der Waals surface area (Å²) in [6.45, 7) is 1.73. The van der Waals surface area contributed by atoms with Gasteiger partial charge >= 0.3 is 5.69 Å². The summed E-state index contributed by atoms with van der Waals surface area (Å²) in [5.74, 6) is 0. The molecular weight excluding hydrogens is 362 g/mol. The van der Waals surface area contributed by atoms with Crippen molar-refractivity contribution in [2.24, 2.45) is 0 Å². The molecule has 132 valence electrons. The molecule has 0 saturated carbocycles. The minimum Gasteiger partial charge on any atom is -0.258 e. The number of nitro groups is 1. The Labute approximate surface area is 160 Å². The van der Waals surface area contributed by atoms with Gasteiger partial charge in [0.05, 0.1) is 21.8 Å². The molecule has 0 spiro atoms. The fraction of sp³-hybridized carbons (Fsp3) is 0.0476. The predicted molar refractivity (Wildman–Crippen MR) is 107 cm³/mol. The first-order valence-electron chi connectivity index (χ1n) is 8.32. The lowest BCUT2D eigenvalue weighted by atomic mass is 10.0. The molecule has 4 rings (SSSR count). The third-order valence-electron chi connectivity index (χ3n) is 4.33. The lowest BCUT2D eigenvalue weighted by Crippen LogP contribution is -2.00. The van der Waals surface area contributed by atoms with Crippen molar-refractivity contribution in [1.29, 1.82) is 0 Å². The minimum atomic E-state index is -0.497. The molecule has 0 radical (unpaired) electrons. The van der Waals surface area contributed by atoms with E-state index in [-0.39, 0.29) is 16.2 Å². The maximum Gasteiger partial charge on any atom is 0.315 e. The zero-order valence-electron chi connectivity index (χ0n) is 14.4. The van der Waals surface area contributed by atoms with Crippen LogP contribution >= 0.6 is 11.6 Å². The molecule has 0 fully saturated rings. The highest BCUT2D eigenvalue weighted by atomic mass is 35.5. The van der Waals surface area contributed by atoms with Crippen molar-refractivity contribution in [3.05, 3.63) is 87.4 Å². The van der Waals surface area contributed by atoms with Crippen molar-refractivity contribution in [3.8, 4) is 22.5 Å². The van der Waals surface area contributed by atoms with E-state index in [1.165, 1.54) is 0 Å². The van der Waals surface area contributed by atoms with Crippen LogP contribution in [0.5, 0.6) is 0 Å². The summed E-state index contributed by atoms with van der Waals surface area (Å²) in [6.07, 6.45) is 0. The SMILES string of the molecule is Cc1cc2nc(-c3ccccc3)c(-c3ccccc3)nc2c([N+](=O)[O-])c1Cl. The van der Waals surface area contributed by atoms with Crippen LogP contribution in [0.4, 0.5) is 5.69 Å². The Morgan fingerprint density at radius 3 is 1.93 bits per heavy atom. The van der Waals surface area contributed by atoms with Crippen molar-refractivity contribution in [1.82, 2.24) is 9.97 Å². The van der Waals surface area contributed by atoms with Crippen LogP contribution < -0.4 is 0 Å². The number of aromatic nitrogens is 2. The molecule has 0 aliphatic carbocycles. The zero-order chi connectivity index (χ0) is 19.0. The van der Waals surface area contributed by atoms with Gasteiger partial charge in [0.1, 0.15) is 5.02 Å². The van der Waals surface area contributed by atoms with Crippen molar-refractivity contribution in [2.75, 3.05) is 0 Å². The van der Waals surface area contributed by atoms with Gasteiger partial charge in [0.25, 0.3) is 0 Å². The van der Waals surface area contributed by atoms with Crippen LogP contribution in [0.25, 0.3) is 33.5 Å². The molecule has 0 saturated heterocycles. The molecule has 1 aromatic heterocycles. The molecule has 0 aliphatic heterocycles. The Morgan fingerprint density at radius 2 is 1.41 bits per heavy atom. The molecule has 5 nitrogen and oxygen atoms in total. The quantitative estimate of drug-likeness (QED) is 0.333. The number of hydrogen-bond acceptors (Lipinski definition) is 4. The largest absolute Gasteiger partial charge is 0.315 e. The Hall–Kier alpha value is -3.31. The van der Waals surface area contributed by atoms with Gasteiger partial charge in [-0.05, 0) is 18.6 Å². The molecule has 0 N–H and O–H groups in total. The number of nitro benzene ring substituents is 1. The van der Waals surface area contributed by atoms with Gasteiger partial charge in [-0.2, -0.15) is 0 Å². The van der Waals surface area contributed by atoms with E-state index in [9.17, 15) is 10.1 Å². The second-order valence-electron chi connectivity index (χ2n) is 6.13. The zero-order valence-corrected chi connectivity index (χ0v) is 15.1. The van der Waals surface area contributed by atoms with Crippen molar-refractivity contribution in [3.63, 3.8) is 0 Å². The van der Waals surface area contributed by atoms with E-state index in [4.69, 9.17) is 16.6 Å². The number of fused-ring (bicyclic) bond motifs is 1. The van der Waals surface area contributed by atoms with Gasteiger partial charge in [-0.15, -0.1) is 0 Å². The van der Waals surface area contributed by atoms with Gasteiger partial charge < -0.3 is 0 Å². The number of rotatable bonds is 3. The first kappa shape index (κ1) is 17.1. The number of nitrogens with zero attached hydrogens (tertiary/aromatic N) is 3. The number of hydrogen-bond donors (Lipinski definition) is 0. The Morgan fingerprint density at radius 1 is 0.889 bits per heavy atom. The second-order valence-corrected chi connectivity index (χ2v) is 6.51. The number of halogens is 1. The topological polar surface area (TPSA) is 68.9 Å². The van der Waals surface area contributed by atoms with Crippen LogP contribution in [0, 0.1) is 17.0 Å². The molecule has 0 atom stereocenters. The fourth-order valence-electron chi connectivity index (χ4n) is 3.04. The van der Waals surface area contributed by atoms with E-state index in [0.29, 0.717) is 22.5 Å². The summed E-state index contributed by atoms with van der Waals surface area (Å²) < 4.78 is 0. The van der Waals surface area contributed by atoms with Crippen LogP contribution in [0.2, 0.25) is 5.02 Å².